The molecule has 1 aromatic carbocycles. The van der Waals surface area contributed by atoms with Crippen LogP contribution in [0.2, 0.25) is 0 Å². The summed E-state index contributed by atoms with van der Waals surface area (Å²) in [7, 11) is 0. The van der Waals surface area contributed by atoms with E-state index in [0.717, 1.165) is 16.5 Å². The predicted molar refractivity (Wildman–Crippen MR) is 49.3 cm³/mol. The van der Waals surface area contributed by atoms with Crippen LogP contribution < -0.4 is 0 Å². The molecule has 0 amide bonds. The van der Waals surface area contributed by atoms with Crippen molar-refractivity contribution in [2.75, 3.05) is 0 Å². The van der Waals surface area contributed by atoms with Crippen molar-refractivity contribution in [1.82, 2.24) is 30.8 Å². The molecule has 2 aromatic heterocycles. The first kappa shape index (κ1) is 7.19. The van der Waals surface area contributed by atoms with Crippen LogP contribution in [0.5, 0.6) is 0 Å². The fraction of sp³-hybridized carbons (Fsp3) is 0. The molecule has 0 aliphatic carbocycles. The fourth-order valence-corrected chi connectivity index (χ4v) is 1.37. The molecular weight excluding hydrogens is 180 g/mol. The molecule has 0 aliphatic heterocycles. The van der Waals surface area contributed by atoms with Gasteiger partial charge in [0.05, 0.1) is 11.7 Å². The van der Waals surface area contributed by atoms with E-state index in [4.69, 9.17) is 0 Å². The van der Waals surface area contributed by atoms with Gasteiger partial charge in [-0.15, -0.1) is 10.2 Å². The second-order valence-corrected chi connectivity index (χ2v) is 2.91. The summed E-state index contributed by atoms with van der Waals surface area (Å²) in [6.07, 6.45) is 1.76. The molecule has 0 radical (unpaired) electrons. The molecule has 6 nitrogen and oxygen atoms in total. The average Bonchev–Trinajstić information content (AvgIpc) is 2.88. The zero-order valence-corrected chi connectivity index (χ0v) is 7.10. The van der Waals surface area contributed by atoms with Crippen molar-refractivity contribution in [1.29, 1.82) is 0 Å². The van der Waals surface area contributed by atoms with Crippen molar-refractivity contribution in [3.63, 3.8) is 0 Å². The highest BCUT2D eigenvalue weighted by Crippen LogP contribution is 2.18. The van der Waals surface area contributed by atoms with E-state index in [2.05, 4.69) is 30.8 Å². The van der Waals surface area contributed by atoms with Crippen LogP contribution in [0.1, 0.15) is 0 Å². The Kier molecular flexibility index (Phi) is 1.35. The lowest BCUT2D eigenvalue weighted by Gasteiger charge is -1.93. The van der Waals surface area contributed by atoms with E-state index < -0.39 is 0 Å². The molecule has 68 valence electrons. The molecule has 14 heavy (non-hydrogen) atoms. The lowest BCUT2D eigenvalue weighted by molar-refractivity contribution is 0.881. The topological polar surface area (TPSA) is 83.1 Å². The van der Waals surface area contributed by atoms with Crippen LogP contribution in [0.4, 0.5) is 0 Å². The van der Waals surface area contributed by atoms with Crippen LogP contribution in [0.25, 0.3) is 22.3 Å². The van der Waals surface area contributed by atoms with Crippen LogP contribution in [-0.4, -0.2) is 30.8 Å². The Balaban J connectivity index is 2.23. The van der Waals surface area contributed by atoms with Crippen molar-refractivity contribution < 1.29 is 0 Å². The van der Waals surface area contributed by atoms with E-state index >= 15 is 0 Å². The van der Waals surface area contributed by atoms with Gasteiger partial charge in [0.1, 0.15) is 0 Å². The number of nitrogens with zero attached hydrogens (tertiary/aromatic N) is 4. The Morgan fingerprint density at radius 3 is 3.07 bits per heavy atom. The van der Waals surface area contributed by atoms with E-state index in [1.54, 1.807) is 6.20 Å². The Bertz CT molecular complexity index is 552. The molecule has 0 aliphatic rings. The number of hydrogen-bond donors (Lipinski definition) is 2. The van der Waals surface area contributed by atoms with Gasteiger partial charge in [0.15, 0.2) is 0 Å². The standard InChI is InChI=1S/C8H6N6/c1-2-7-6(4-9-10-7)3-5(1)8-11-13-14-12-8/h1-4H,(H,9,10)(H,11,12,13,14). The van der Waals surface area contributed by atoms with Crippen molar-refractivity contribution >= 4 is 10.9 Å². The van der Waals surface area contributed by atoms with Crippen molar-refractivity contribution in [2.24, 2.45) is 0 Å². The zero-order valence-electron chi connectivity index (χ0n) is 7.10. The first-order valence-electron chi connectivity index (χ1n) is 4.10. The minimum Gasteiger partial charge on any atom is -0.278 e. The summed E-state index contributed by atoms with van der Waals surface area (Å²) >= 11 is 0. The lowest BCUT2D eigenvalue weighted by atomic mass is 10.1. The Labute approximate surface area is 78.3 Å². The molecule has 6 heteroatoms. The number of hydrogen-bond acceptors (Lipinski definition) is 4. The van der Waals surface area contributed by atoms with Gasteiger partial charge in [-0.3, -0.25) is 5.10 Å². The van der Waals surface area contributed by atoms with Crippen molar-refractivity contribution in [2.45, 2.75) is 0 Å². The number of rotatable bonds is 1. The Morgan fingerprint density at radius 1 is 1.21 bits per heavy atom. The molecule has 0 saturated carbocycles. The summed E-state index contributed by atoms with van der Waals surface area (Å²) < 4.78 is 0. The van der Waals surface area contributed by atoms with Gasteiger partial charge in [-0.25, -0.2) is 0 Å². The van der Waals surface area contributed by atoms with Gasteiger partial charge in [-0.05, 0) is 23.4 Å². The van der Waals surface area contributed by atoms with Crippen molar-refractivity contribution in [3.8, 4) is 11.4 Å². The SMILES string of the molecule is c1cc2[nH]ncc2cc1-c1nn[nH]n1. The van der Waals surface area contributed by atoms with Crippen LogP contribution in [-0.2, 0) is 0 Å². The van der Waals surface area contributed by atoms with E-state index in [9.17, 15) is 0 Å². The Hall–Kier alpha value is -2.24. The number of tetrazole rings is 1. The molecule has 3 rings (SSSR count). The minimum atomic E-state index is 0.591. The predicted octanol–water partition coefficient (Wildman–Crippen LogP) is 0.743. The third kappa shape index (κ3) is 0.972. The van der Waals surface area contributed by atoms with Gasteiger partial charge in [-0.2, -0.15) is 10.3 Å². The van der Waals surface area contributed by atoms with E-state index in [1.165, 1.54) is 0 Å². The van der Waals surface area contributed by atoms with Gasteiger partial charge in [0.2, 0.25) is 5.82 Å². The molecule has 0 bridgehead atoms. The number of aromatic amines is 2. The largest absolute Gasteiger partial charge is 0.278 e. The first-order chi connectivity index (χ1) is 6.93. The highest BCUT2D eigenvalue weighted by atomic mass is 15.5. The first-order valence-corrected chi connectivity index (χ1v) is 4.10. The second-order valence-electron chi connectivity index (χ2n) is 2.91. The number of H-pyrrole nitrogens is 2. The maximum Gasteiger partial charge on any atom is 0.204 e. The van der Waals surface area contributed by atoms with E-state index in [1.807, 2.05) is 18.2 Å². The smallest absolute Gasteiger partial charge is 0.204 e. The molecular formula is C8H6N6. The third-order valence-electron chi connectivity index (χ3n) is 2.04. The quantitative estimate of drug-likeness (QED) is 0.587. The van der Waals surface area contributed by atoms with Crippen LogP contribution in [0, 0.1) is 0 Å². The van der Waals surface area contributed by atoms with Gasteiger partial charge in [0.25, 0.3) is 0 Å². The van der Waals surface area contributed by atoms with Gasteiger partial charge in [-0.1, -0.05) is 0 Å². The zero-order chi connectivity index (χ0) is 9.38. The molecule has 3 aromatic rings. The normalized spacial score (nSPS) is 10.9. The molecule has 2 heterocycles. The summed E-state index contributed by atoms with van der Waals surface area (Å²) in [6, 6.07) is 5.82. The molecule has 0 unspecified atom stereocenters. The Morgan fingerprint density at radius 2 is 2.21 bits per heavy atom. The van der Waals surface area contributed by atoms with E-state index in [0.29, 0.717) is 5.82 Å². The van der Waals surface area contributed by atoms with E-state index in [-0.39, 0.29) is 0 Å². The summed E-state index contributed by atoms with van der Waals surface area (Å²) in [6.45, 7) is 0. The van der Waals surface area contributed by atoms with Crippen LogP contribution >= 0.6 is 0 Å². The van der Waals surface area contributed by atoms with Gasteiger partial charge >= 0.3 is 0 Å². The highest BCUT2D eigenvalue weighted by molar-refractivity contribution is 5.82. The molecule has 0 saturated heterocycles. The molecule has 0 atom stereocenters. The number of aromatic nitrogens is 6. The molecule has 2 N–H and O–H groups in total. The number of fused-ring (bicyclic) bond motifs is 1. The molecule has 0 spiro atoms. The fourth-order valence-electron chi connectivity index (χ4n) is 1.37. The number of benzene rings is 1. The highest BCUT2D eigenvalue weighted by Gasteiger charge is 2.03. The summed E-state index contributed by atoms with van der Waals surface area (Å²) in [5.74, 6) is 0.591. The van der Waals surface area contributed by atoms with Crippen LogP contribution in [0.15, 0.2) is 24.4 Å². The van der Waals surface area contributed by atoms with Gasteiger partial charge < -0.3 is 0 Å². The summed E-state index contributed by atoms with van der Waals surface area (Å²) in [4.78, 5) is 0. The second kappa shape index (κ2) is 2.63. The number of nitrogens with one attached hydrogen (secondary N) is 2. The lowest BCUT2D eigenvalue weighted by Crippen LogP contribution is -1.80. The monoisotopic (exact) mass is 186 g/mol. The molecule has 0 fully saturated rings. The summed E-state index contributed by atoms with van der Waals surface area (Å²) in [5.41, 5.74) is 1.92. The minimum absolute atomic E-state index is 0.591. The maximum atomic E-state index is 3.93. The maximum absolute atomic E-state index is 3.93. The van der Waals surface area contributed by atoms with Gasteiger partial charge in [0, 0.05) is 10.9 Å². The average molecular weight is 186 g/mol. The summed E-state index contributed by atoms with van der Waals surface area (Å²) in [5, 5.41) is 21.6. The third-order valence-corrected chi connectivity index (χ3v) is 2.04. The van der Waals surface area contributed by atoms with Crippen LogP contribution in [0.3, 0.4) is 0 Å². The van der Waals surface area contributed by atoms with Crippen molar-refractivity contribution in [3.05, 3.63) is 24.4 Å².